The fraction of sp³-hybridized carbons (Fsp3) is 0.500. The molecule has 0 aliphatic carbocycles. The lowest BCUT2D eigenvalue weighted by Crippen LogP contribution is -2.43. The van der Waals surface area contributed by atoms with Crippen molar-refractivity contribution in [3.05, 3.63) is 23.8 Å². The van der Waals surface area contributed by atoms with E-state index in [1.165, 1.54) is 4.90 Å². The van der Waals surface area contributed by atoms with Gasteiger partial charge in [0.2, 0.25) is 5.91 Å². The van der Waals surface area contributed by atoms with Crippen molar-refractivity contribution in [3.63, 3.8) is 0 Å². The Hall–Kier alpha value is -2.08. The number of esters is 1. The van der Waals surface area contributed by atoms with Crippen molar-refractivity contribution in [2.45, 2.75) is 20.3 Å². The van der Waals surface area contributed by atoms with Crippen LogP contribution in [0.4, 0.5) is 11.4 Å². The van der Waals surface area contributed by atoms with Gasteiger partial charge in [0.15, 0.2) is 0 Å². The first-order chi connectivity index (χ1) is 10.6. The maximum Gasteiger partial charge on any atom is 0.326 e. The third-order valence-electron chi connectivity index (χ3n) is 3.30. The quantitative estimate of drug-likeness (QED) is 0.614. The van der Waals surface area contributed by atoms with Gasteiger partial charge in [0, 0.05) is 6.61 Å². The van der Waals surface area contributed by atoms with Crippen molar-refractivity contribution < 1.29 is 19.1 Å². The SMILES string of the molecule is CCCOCCOC(=O)CN1C(=O)CNc2cc(C)ccc21. The van der Waals surface area contributed by atoms with E-state index in [1.54, 1.807) is 0 Å². The summed E-state index contributed by atoms with van der Waals surface area (Å²) in [4.78, 5) is 25.4. The Labute approximate surface area is 130 Å². The minimum Gasteiger partial charge on any atom is -0.462 e. The molecule has 1 aliphatic heterocycles. The zero-order valence-electron chi connectivity index (χ0n) is 13.1. The standard InChI is InChI=1S/C16H22N2O4/c1-3-6-21-7-8-22-16(20)11-18-14-5-4-12(2)9-13(14)17-10-15(18)19/h4-5,9,17H,3,6-8,10-11H2,1-2H3. The number of nitrogens with zero attached hydrogens (tertiary/aromatic N) is 1. The van der Waals surface area contributed by atoms with E-state index >= 15 is 0 Å². The van der Waals surface area contributed by atoms with E-state index in [2.05, 4.69) is 5.32 Å². The molecule has 22 heavy (non-hydrogen) atoms. The maximum atomic E-state index is 12.0. The molecule has 0 aromatic heterocycles. The Balaban J connectivity index is 1.92. The van der Waals surface area contributed by atoms with Gasteiger partial charge in [-0.1, -0.05) is 13.0 Å². The third kappa shape index (κ3) is 4.21. The van der Waals surface area contributed by atoms with Crippen LogP contribution in [0.1, 0.15) is 18.9 Å². The second-order valence-electron chi connectivity index (χ2n) is 5.19. The fourth-order valence-electron chi connectivity index (χ4n) is 2.24. The number of hydrogen-bond acceptors (Lipinski definition) is 5. The van der Waals surface area contributed by atoms with Crippen molar-refractivity contribution in [2.24, 2.45) is 0 Å². The molecular weight excluding hydrogens is 284 g/mol. The summed E-state index contributed by atoms with van der Waals surface area (Å²) < 4.78 is 10.3. The molecule has 0 bridgehead atoms. The summed E-state index contributed by atoms with van der Waals surface area (Å²) >= 11 is 0. The van der Waals surface area contributed by atoms with Crippen LogP contribution < -0.4 is 10.2 Å². The summed E-state index contributed by atoms with van der Waals surface area (Å²) in [5.41, 5.74) is 2.66. The topological polar surface area (TPSA) is 67.9 Å². The van der Waals surface area contributed by atoms with Crippen molar-refractivity contribution in [1.82, 2.24) is 0 Å². The van der Waals surface area contributed by atoms with Crippen molar-refractivity contribution in [3.8, 4) is 0 Å². The first-order valence-corrected chi connectivity index (χ1v) is 7.50. The van der Waals surface area contributed by atoms with Crippen molar-refractivity contribution >= 4 is 23.3 Å². The number of carbonyl (C=O) groups is 2. The highest BCUT2D eigenvalue weighted by molar-refractivity contribution is 6.05. The molecule has 0 saturated carbocycles. The molecule has 1 aromatic rings. The number of rotatable bonds is 7. The minimum atomic E-state index is -0.429. The lowest BCUT2D eigenvalue weighted by atomic mass is 10.1. The van der Waals surface area contributed by atoms with E-state index in [1.807, 2.05) is 32.0 Å². The number of nitrogens with one attached hydrogen (secondary N) is 1. The number of benzene rings is 1. The number of hydrogen-bond donors (Lipinski definition) is 1. The van der Waals surface area contributed by atoms with Crippen molar-refractivity contribution in [2.75, 3.05) is 43.1 Å². The van der Waals surface area contributed by atoms with Crippen LogP contribution >= 0.6 is 0 Å². The molecule has 1 amide bonds. The summed E-state index contributed by atoms with van der Waals surface area (Å²) in [7, 11) is 0. The maximum absolute atomic E-state index is 12.0. The molecule has 1 heterocycles. The smallest absolute Gasteiger partial charge is 0.326 e. The van der Waals surface area contributed by atoms with Gasteiger partial charge in [0.25, 0.3) is 0 Å². The van der Waals surface area contributed by atoms with Crippen LogP contribution in [0.3, 0.4) is 0 Å². The van der Waals surface area contributed by atoms with E-state index in [9.17, 15) is 9.59 Å². The van der Waals surface area contributed by atoms with Crippen LogP contribution in [0.15, 0.2) is 18.2 Å². The average molecular weight is 306 g/mol. The number of anilines is 2. The largest absolute Gasteiger partial charge is 0.462 e. The van der Waals surface area contributed by atoms with E-state index < -0.39 is 5.97 Å². The van der Waals surface area contributed by atoms with Gasteiger partial charge in [0.1, 0.15) is 13.2 Å². The molecule has 2 rings (SSSR count). The van der Waals surface area contributed by atoms with Gasteiger partial charge in [0.05, 0.1) is 24.5 Å². The molecule has 0 saturated heterocycles. The average Bonchev–Trinajstić information content (AvgIpc) is 2.50. The predicted molar refractivity (Wildman–Crippen MR) is 84.1 cm³/mol. The Morgan fingerprint density at radius 2 is 2.14 bits per heavy atom. The Kier molecular flexibility index (Phi) is 5.77. The molecule has 0 unspecified atom stereocenters. The Bertz CT molecular complexity index is 545. The zero-order chi connectivity index (χ0) is 15.9. The summed E-state index contributed by atoms with van der Waals surface area (Å²) in [6.45, 7) is 5.34. The molecule has 0 radical (unpaired) electrons. The molecule has 0 spiro atoms. The molecule has 6 nitrogen and oxygen atoms in total. The summed E-state index contributed by atoms with van der Waals surface area (Å²) in [6.07, 6.45) is 0.930. The van der Waals surface area contributed by atoms with Crippen LogP contribution in [-0.2, 0) is 19.1 Å². The lowest BCUT2D eigenvalue weighted by molar-refractivity contribution is -0.144. The fourth-order valence-corrected chi connectivity index (χ4v) is 2.24. The Morgan fingerprint density at radius 3 is 2.91 bits per heavy atom. The molecular formula is C16H22N2O4. The molecule has 1 aromatic carbocycles. The number of aryl methyl sites for hydroxylation is 1. The molecule has 120 valence electrons. The van der Waals surface area contributed by atoms with Crippen LogP contribution in [0.25, 0.3) is 0 Å². The van der Waals surface area contributed by atoms with Gasteiger partial charge in [-0.25, -0.2) is 0 Å². The first kappa shape index (κ1) is 16.3. The monoisotopic (exact) mass is 306 g/mol. The predicted octanol–water partition coefficient (Wildman–Crippen LogP) is 1.72. The summed E-state index contributed by atoms with van der Waals surface area (Å²) in [5, 5.41) is 3.06. The molecule has 1 aliphatic rings. The van der Waals surface area contributed by atoms with E-state index in [4.69, 9.17) is 9.47 Å². The lowest BCUT2D eigenvalue weighted by Gasteiger charge is -2.29. The number of carbonyl (C=O) groups excluding carboxylic acids is 2. The van der Waals surface area contributed by atoms with E-state index in [0.717, 1.165) is 17.7 Å². The minimum absolute atomic E-state index is 0.0790. The highest BCUT2D eigenvalue weighted by Gasteiger charge is 2.26. The number of fused-ring (bicyclic) bond motifs is 1. The Morgan fingerprint density at radius 1 is 1.32 bits per heavy atom. The first-order valence-electron chi connectivity index (χ1n) is 7.50. The summed E-state index contributed by atoms with van der Waals surface area (Å²) in [6, 6.07) is 5.71. The zero-order valence-corrected chi connectivity index (χ0v) is 13.1. The van der Waals surface area contributed by atoms with Gasteiger partial charge >= 0.3 is 5.97 Å². The van der Waals surface area contributed by atoms with Gasteiger partial charge in [-0.15, -0.1) is 0 Å². The highest BCUT2D eigenvalue weighted by atomic mass is 16.6. The highest BCUT2D eigenvalue weighted by Crippen LogP contribution is 2.30. The second-order valence-corrected chi connectivity index (χ2v) is 5.19. The van der Waals surface area contributed by atoms with Crippen LogP contribution in [-0.4, -0.2) is 44.8 Å². The van der Waals surface area contributed by atoms with Crippen LogP contribution in [0.5, 0.6) is 0 Å². The van der Waals surface area contributed by atoms with Gasteiger partial charge in [-0.2, -0.15) is 0 Å². The van der Waals surface area contributed by atoms with Gasteiger partial charge in [-0.05, 0) is 31.0 Å². The van der Waals surface area contributed by atoms with Gasteiger partial charge in [-0.3, -0.25) is 14.5 Å². The third-order valence-corrected chi connectivity index (χ3v) is 3.30. The van der Waals surface area contributed by atoms with Crippen LogP contribution in [0.2, 0.25) is 0 Å². The molecule has 0 fully saturated rings. The van der Waals surface area contributed by atoms with Crippen LogP contribution in [0, 0.1) is 6.92 Å². The number of amides is 1. The van der Waals surface area contributed by atoms with Crippen molar-refractivity contribution in [1.29, 1.82) is 0 Å². The van der Waals surface area contributed by atoms with E-state index in [0.29, 0.717) is 18.9 Å². The summed E-state index contributed by atoms with van der Waals surface area (Å²) in [5.74, 6) is -0.572. The second kappa shape index (κ2) is 7.79. The molecule has 1 N–H and O–H groups in total. The molecule has 6 heteroatoms. The van der Waals surface area contributed by atoms with E-state index in [-0.39, 0.29) is 25.6 Å². The van der Waals surface area contributed by atoms with Gasteiger partial charge < -0.3 is 14.8 Å². The normalized spacial score (nSPS) is 13.5. The molecule has 0 atom stereocenters. The number of ether oxygens (including phenoxy) is 2.